The van der Waals surface area contributed by atoms with Gasteiger partial charge in [-0.3, -0.25) is 4.79 Å². The Balaban J connectivity index is 0.00000113. The summed E-state index contributed by atoms with van der Waals surface area (Å²) >= 11 is 0. The number of carbonyl (C=O) groups excluding carboxylic acids is 1. The second kappa shape index (κ2) is 9.19. The van der Waals surface area contributed by atoms with Crippen LogP contribution < -0.4 is 5.32 Å². The Morgan fingerprint density at radius 3 is 2.64 bits per heavy atom. The molecule has 0 aromatic carbocycles. The summed E-state index contributed by atoms with van der Waals surface area (Å²) in [5.74, 6) is 2.63. The Morgan fingerprint density at radius 1 is 1.00 bits per heavy atom. The van der Waals surface area contributed by atoms with Crippen molar-refractivity contribution in [3.8, 4) is 0 Å². The number of carbonyl (C=O) groups is 1. The molecule has 0 aliphatic carbocycles. The zero-order valence-corrected chi connectivity index (χ0v) is 16.3. The van der Waals surface area contributed by atoms with Crippen molar-refractivity contribution in [3.05, 3.63) is 11.6 Å². The van der Waals surface area contributed by atoms with Crippen molar-refractivity contribution in [1.29, 1.82) is 0 Å². The van der Waals surface area contributed by atoms with Gasteiger partial charge in [0.25, 0.3) is 0 Å². The number of likely N-dealkylation sites (tertiary alicyclic amines) is 1. The number of fused-ring (bicyclic) bond motifs is 1. The van der Waals surface area contributed by atoms with Gasteiger partial charge in [0, 0.05) is 26.1 Å². The minimum absolute atomic E-state index is 0. The van der Waals surface area contributed by atoms with Crippen LogP contribution in [0.1, 0.15) is 62.6 Å². The van der Waals surface area contributed by atoms with Crippen LogP contribution in [0.5, 0.6) is 0 Å². The number of nitrogens with zero attached hydrogens (tertiary/aromatic N) is 4. The maximum Gasteiger partial charge on any atom is 0.227 e. The standard InChI is InChI=1S/C17H27N5O.2ClH/c23-17(13-6-5-9-18-12-13)21-10-3-1-7-14(21)16-20-19-15-8-2-4-11-22(15)16;;/h13-14,18H,1-12H2;2*1H. The molecule has 6 nitrogen and oxygen atoms in total. The van der Waals surface area contributed by atoms with Gasteiger partial charge in [0.2, 0.25) is 5.91 Å². The number of amides is 1. The maximum absolute atomic E-state index is 13.1. The third-order valence-corrected chi connectivity index (χ3v) is 5.62. The average molecular weight is 390 g/mol. The lowest BCUT2D eigenvalue weighted by Gasteiger charge is -2.38. The summed E-state index contributed by atoms with van der Waals surface area (Å²) in [6, 6.07) is 0.137. The van der Waals surface area contributed by atoms with Crippen molar-refractivity contribution < 1.29 is 4.79 Å². The molecule has 1 N–H and O–H groups in total. The number of aromatic nitrogens is 3. The van der Waals surface area contributed by atoms with Crippen molar-refractivity contribution in [1.82, 2.24) is 25.0 Å². The molecule has 142 valence electrons. The van der Waals surface area contributed by atoms with Crippen LogP contribution >= 0.6 is 24.8 Å². The molecule has 1 aromatic rings. The van der Waals surface area contributed by atoms with Gasteiger partial charge in [0.1, 0.15) is 5.82 Å². The molecular formula is C17H29Cl2N5O. The largest absolute Gasteiger partial charge is 0.332 e. The zero-order chi connectivity index (χ0) is 15.6. The summed E-state index contributed by atoms with van der Waals surface area (Å²) < 4.78 is 2.29. The van der Waals surface area contributed by atoms with E-state index < -0.39 is 0 Å². The number of hydrogen-bond donors (Lipinski definition) is 1. The lowest BCUT2D eigenvalue weighted by atomic mass is 9.94. The predicted octanol–water partition coefficient (Wildman–Crippen LogP) is 2.51. The number of nitrogens with one attached hydrogen (secondary N) is 1. The Morgan fingerprint density at radius 2 is 1.84 bits per heavy atom. The Bertz CT molecular complexity index is 573. The molecule has 1 amide bonds. The summed E-state index contributed by atoms with van der Waals surface area (Å²) in [6.45, 7) is 3.77. The SMILES string of the molecule is Cl.Cl.O=C(C1CCCNC1)N1CCCCC1c1nnc2n1CCCC2. The number of aryl methyl sites for hydroxylation is 1. The molecule has 2 saturated heterocycles. The van der Waals surface area contributed by atoms with Crippen LogP contribution in [-0.4, -0.2) is 45.2 Å². The first-order valence-electron chi connectivity index (χ1n) is 9.28. The molecule has 0 radical (unpaired) electrons. The highest BCUT2D eigenvalue weighted by Gasteiger charge is 2.36. The number of piperidine rings is 2. The van der Waals surface area contributed by atoms with E-state index >= 15 is 0 Å². The first-order chi connectivity index (χ1) is 11.3. The quantitative estimate of drug-likeness (QED) is 0.843. The van der Waals surface area contributed by atoms with Crippen LogP contribution in [-0.2, 0) is 17.8 Å². The number of halogens is 2. The molecule has 2 unspecified atom stereocenters. The fraction of sp³-hybridized carbons (Fsp3) is 0.824. The van der Waals surface area contributed by atoms with Gasteiger partial charge < -0.3 is 14.8 Å². The highest BCUT2D eigenvalue weighted by Crippen LogP contribution is 2.33. The minimum Gasteiger partial charge on any atom is -0.332 e. The summed E-state index contributed by atoms with van der Waals surface area (Å²) in [4.78, 5) is 15.2. The van der Waals surface area contributed by atoms with E-state index in [-0.39, 0.29) is 36.8 Å². The van der Waals surface area contributed by atoms with Crippen LogP contribution in [0.3, 0.4) is 0 Å². The first-order valence-corrected chi connectivity index (χ1v) is 9.28. The zero-order valence-electron chi connectivity index (χ0n) is 14.7. The first kappa shape index (κ1) is 20.5. The third-order valence-electron chi connectivity index (χ3n) is 5.62. The van der Waals surface area contributed by atoms with Gasteiger partial charge in [-0.05, 0) is 51.5 Å². The van der Waals surface area contributed by atoms with Gasteiger partial charge in [-0.15, -0.1) is 35.0 Å². The van der Waals surface area contributed by atoms with E-state index in [1.165, 1.54) is 19.3 Å². The molecule has 3 aliphatic heterocycles. The van der Waals surface area contributed by atoms with Crippen molar-refractivity contribution in [2.45, 2.75) is 64.0 Å². The van der Waals surface area contributed by atoms with Gasteiger partial charge >= 0.3 is 0 Å². The van der Waals surface area contributed by atoms with Crippen LogP contribution in [0, 0.1) is 5.92 Å². The van der Waals surface area contributed by atoms with E-state index in [1.807, 2.05) is 0 Å². The molecule has 2 fully saturated rings. The lowest BCUT2D eigenvalue weighted by Crippen LogP contribution is -2.46. The van der Waals surface area contributed by atoms with Gasteiger partial charge in [-0.25, -0.2) is 0 Å². The fourth-order valence-electron chi connectivity index (χ4n) is 4.34. The highest BCUT2D eigenvalue weighted by atomic mass is 35.5. The Kier molecular flexibility index (Phi) is 7.52. The van der Waals surface area contributed by atoms with E-state index in [1.54, 1.807) is 0 Å². The van der Waals surface area contributed by atoms with Gasteiger partial charge in [-0.1, -0.05) is 0 Å². The van der Waals surface area contributed by atoms with Crippen LogP contribution in [0.25, 0.3) is 0 Å². The molecule has 0 spiro atoms. The second-order valence-electron chi connectivity index (χ2n) is 7.17. The van der Waals surface area contributed by atoms with Gasteiger partial charge in [-0.2, -0.15) is 0 Å². The monoisotopic (exact) mass is 389 g/mol. The van der Waals surface area contributed by atoms with Gasteiger partial charge in [0.15, 0.2) is 5.82 Å². The maximum atomic E-state index is 13.1. The molecule has 4 rings (SSSR count). The van der Waals surface area contributed by atoms with E-state index in [9.17, 15) is 4.79 Å². The third kappa shape index (κ3) is 4.12. The highest BCUT2D eigenvalue weighted by molar-refractivity contribution is 5.85. The smallest absolute Gasteiger partial charge is 0.227 e. The summed E-state index contributed by atoms with van der Waals surface area (Å²) in [7, 11) is 0. The van der Waals surface area contributed by atoms with E-state index in [2.05, 4.69) is 25.0 Å². The van der Waals surface area contributed by atoms with Crippen LogP contribution in [0.4, 0.5) is 0 Å². The average Bonchev–Trinajstić information content (AvgIpc) is 3.06. The molecular weight excluding hydrogens is 361 g/mol. The van der Waals surface area contributed by atoms with E-state index in [0.29, 0.717) is 5.91 Å². The second-order valence-corrected chi connectivity index (χ2v) is 7.17. The normalized spacial score (nSPS) is 26.2. The Hall–Kier alpha value is -0.850. The van der Waals surface area contributed by atoms with Crippen molar-refractivity contribution in [2.75, 3.05) is 19.6 Å². The lowest BCUT2D eigenvalue weighted by molar-refractivity contribution is -0.140. The summed E-state index contributed by atoms with van der Waals surface area (Å²) in [5, 5.41) is 12.3. The van der Waals surface area contributed by atoms with Crippen molar-refractivity contribution in [3.63, 3.8) is 0 Å². The Labute approximate surface area is 161 Å². The molecule has 3 aliphatic rings. The summed E-state index contributed by atoms with van der Waals surface area (Å²) in [6.07, 6.45) is 8.89. The van der Waals surface area contributed by atoms with Crippen LogP contribution in [0.15, 0.2) is 0 Å². The van der Waals surface area contributed by atoms with E-state index in [4.69, 9.17) is 0 Å². The van der Waals surface area contributed by atoms with Crippen LogP contribution in [0.2, 0.25) is 0 Å². The minimum atomic E-state index is 0. The molecule has 8 heteroatoms. The molecule has 0 bridgehead atoms. The molecule has 1 aromatic heterocycles. The predicted molar refractivity (Wildman–Crippen MR) is 101 cm³/mol. The number of hydrogen-bond acceptors (Lipinski definition) is 4. The molecule has 4 heterocycles. The van der Waals surface area contributed by atoms with Crippen molar-refractivity contribution in [2.24, 2.45) is 5.92 Å². The number of rotatable bonds is 2. The molecule has 2 atom stereocenters. The van der Waals surface area contributed by atoms with Gasteiger partial charge in [0.05, 0.1) is 12.0 Å². The van der Waals surface area contributed by atoms with E-state index in [0.717, 1.165) is 69.9 Å². The topological polar surface area (TPSA) is 63.1 Å². The molecule has 0 saturated carbocycles. The molecule has 25 heavy (non-hydrogen) atoms. The summed E-state index contributed by atoms with van der Waals surface area (Å²) in [5.41, 5.74) is 0. The fourth-order valence-corrected chi connectivity index (χ4v) is 4.34. The van der Waals surface area contributed by atoms with Crippen molar-refractivity contribution >= 4 is 30.7 Å².